The lowest BCUT2D eigenvalue weighted by molar-refractivity contribution is -0.143. The highest BCUT2D eigenvalue weighted by molar-refractivity contribution is 9.10. The summed E-state index contributed by atoms with van der Waals surface area (Å²) in [6, 6.07) is 9.90. The van der Waals surface area contributed by atoms with Crippen molar-refractivity contribution in [1.29, 1.82) is 0 Å². The number of carbonyl (C=O) groups excluding carboxylic acids is 1. The lowest BCUT2D eigenvalue weighted by Gasteiger charge is -2.26. The van der Waals surface area contributed by atoms with Crippen molar-refractivity contribution < 1.29 is 19.0 Å². The molecule has 0 unspecified atom stereocenters. The van der Waals surface area contributed by atoms with Crippen LogP contribution in [0, 0.1) is 0 Å². The SMILES string of the molecule is COc1ccc(Cl)cc1[C@@H]1C(C(=O)OC(C)C)=C(C)N=c2s/c(=C\c3cc(Br)ccc3OC(C)C)c(=O)n21. The molecule has 0 bridgehead atoms. The monoisotopic (exact) mass is 618 g/mol. The molecule has 2 heterocycles. The van der Waals surface area contributed by atoms with Crippen LogP contribution in [0.15, 0.2) is 61.9 Å². The van der Waals surface area contributed by atoms with Gasteiger partial charge in [0.25, 0.3) is 5.56 Å². The summed E-state index contributed by atoms with van der Waals surface area (Å²) in [5, 5.41) is 0.443. The molecule has 200 valence electrons. The van der Waals surface area contributed by atoms with Crippen LogP contribution in [-0.2, 0) is 9.53 Å². The number of ether oxygens (including phenoxy) is 3. The van der Waals surface area contributed by atoms with Crippen molar-refractivity contribution in [3.05, 3.63) is 88.0 Å². The van der Waals surface area contributed by atoms with E-state index in [9.17, 15) is 9.59 Å². The molecule has 0 aliphatic carbocycles. The minimum Gasteiger partial charge on any atom is -0.496 e. The number of hydrogen-bond donors (Lipinski definition) is 0. The van der Waals surface area contributed by atoms with Crippen molar-refractivity contribution >= 4 is 50.9 Å². The first-order valence-electron chi connectivity index (χ1n) is 12.0. The summed E-state index contributed by atoms with van der Waals surface area (Å²) >= 11 is 11.1. The first-order chi connectivity index (χ1) is 18.0. The van der Waals surface area contributed by atoms with Gasteiger partial charge in [0.1, 0.15) is 17.5 Å². The summed E-state index contributed by atoms with van der Waals surface area (Å²) in [5.41, 5.74) is 1.71. The number of benzene rings is 2. The van der Waals surface area contributed by atoms with Crippen molar-refractivity contribution in [2.24, 2.45) is 4.99 Å². The van der Waals surface area contributed by atoms with Crippen LogP contribution < -0.4 is 24.4 Å². The highest BCUT2D eigenvalue weighted by Crippen LogP contribution is 2.37. The summed E-state index contributed by atoms with van der Waals surface area (Å²) in [7, 11) is 1.53. The highest BCUT2D eigenvalue weighted by atomic mass is 79.9. The van der Waals surface area contributed by atoms with Crippen molar-refractivity contribution in [1.82, 2.24) is 4.57 Å². The molecule has 0 spiro atoms. The van der Waals surface area contributed by atoms with Crippen LogP contribution in [0.25, 0.3) is 6.08 Å². The number of nitrogens with zero attached hydrogens (tertiary/aromatic N) is 2. The summed E-state index contributed by atoms with van der Waals surface area (Å²) in [5.74, 6) is 0.583. The smallest absolute Gasteiger partial charge is 0.338 e. The molecule has 10 heteroatoms. The van der Waals surface area contributed by atoms with Crippen molar-refractivity contribution in [2.75, 3.05) is 7.11 Å². The van der Waals surface area contributed by atoms with Gasteiger partial charge in [-0.1, -0.05) is 38.9 Å². The zero-order chi connectivity index (χ0) is 27.7. The van der Waals surface area contributed by atoms with Gasteiger partial charge in [-0.25, -0.2) is 9.79 Å². The molecule has 1 aliphatic rings. The van der Waals surface area contributed by atoms with E-state index in [0.29, 0.717) is 37.1 Å². The molecular weight excluding hydrogens is 592 g/mol. The Balaban J connectivity index is 2.00. The number of allylic oxidation sites excluding steroid dienone is 1. The lowest BCUT2D eigenvalue weighted by Crippen LogP contribution is -2.40. The summed E-state index contributed by atoms with van der Waals surface area (Å²) in [6.07, 6.45) is 1.38. The van der Waals surface area contributed by atoms with Crippen LogP contribution in [0.2, 0.25) is 5.02 Å². The third-order valence-corrected chi connectivity index (χ3v) is 7.40. The first-order valence-corrected chi connectivity index (χ1v) is 14.0. The maximum atomic E-state index is 14.0. The predicted octanol–water partition coefficient (Wildman–Crippen LogP) is 5.40. The standard InChI is InChI=1S/C28H28BrClN2O5S/c1-14(2)36-21-9-7-18(29)11-17(21)12-23-26(33)32-25(20-13-19(30)8-10-22(20)35-6)24(27(34)37-15(3)4)16(5)31-28(32)38-23/h7-15,25H,1-6H3/b23-12-/t25-/m1/s1. The fourth-order valence-electron chi connectivity index (χ4n) is 4.21. The minimum absolute atomic E-state index is 0.0444. The first kappa shape index (κ1) is 28.1. The molecule has 4 rings (SSSR count). The number of esters is 1. The summed E-state index contributed by atoms with van der Waals surface area (Å²) < 4.78 is 20.0. The van der Waals surface area contributed by atoms with Crippen LogP contribution >= 0.6 is 38.9 Å². The van der Waals surface area contributed by atoms with Gasteiger partial charge in [-0.2, -0.15) is 0 Å². The third kappa shape index (κ3) is 5.75. The zero-order valence-electron chi connectivity index (χ0n) is 21.9. The molecular formula is C28H28BrClN2O5S. The quantitative estimate of drug-likeness (QED) is 0.331. The number of hydrogen-bond acceptors (Lipinski definition) is 7. The molecule has 3 aromatic rings. The van der Waals surface area contributed by atoms with E-state index >= 15 is 0 Å². The zero-order valence-corrected chi connectivity index (χ0v) is 25.0. The van der Waals surface area contributed by atoms with Crippen LogP contribution in [0.4, 0.5) is 0 Å². The molecule has 1 atom stereocenters. The van der Waals surface area contributed by atoms with Crippen molar-refractivity contribution in [3.8, 4) is 11.5 Å². The van der Waals surface area contributed by atoms with Crippen LogP contribution in [0.1, 0.15) is 51.8 Å². The molecule has 0 fully saturated rings. The molecule has 0 N–H and O–H groups in total. The minimum atomic E-state index is -0.845. The fraction of sp³-hybridized carbons (Fsp3) is 0.321. The van der Waals surface area contributed by atoms with Gasteiger partial charge in [-0.3, -0.25) is 9.36 Å². The van der Waals surface area contributed by atoms with Gasteiger partial charge < -0.3 is 14.2 Å². The second-order valence-electron chi connectivity index (χ2n) is 9.27. The molecule has 0 saturated heterocycles. The normalized spacial score (nSPS) is 15.5. The van der Waals surface area contributed by atoms with E-state index in [1.807, 2.05) is 32.0 Å². The maximum absolute atomic E-state index is 14.0. The second-order valence-corrected chi connectivity index (χ2v) is 11.6. The van der Waals surface area contributed by atoms with Gasteiger partial charge in [-0.15, -0.1) is 0 Å². The Labute approximate surface area is 238 Å². The van der Waals surface area contributed by atoms with E-state index in [2.05, 4.69) is 20.9 Å². The summed E-state index contributed by atoms with van der Waals surface area (Å²) in [6.45, 7) is 9.16. The molecule has 0 saturated carbocycles. The molecule has 2 aromatic carbocycles. The summed E-state index contributed by atoms with van der Waals surface area (Å²) in [4.78, 5) is 32.4. The maximum Gasteiger partial charge on any atom is 0.338 e. The highest BCUT2D eigenvalue weighted by Gasteiger charge is 2.35. The largest absolute Gasteiger partial charge is 0.496 e. The molecule has 1 aliphatic heterocycles. The van der Waals surface area contributed by atoms with Gasteiger partial charge in [0.2, 0.25) is 0 Å². The van der Waals surface area contributed by atoms with Gasteiger partial charge in [0.15, 0.2) is 4.80 Å². The average molecular weight is 620 g/mol. The Bertz CT molecular complexity index is 1610. The number of carbonyl (C=O) groups is 1. The Morgan fingerprint density at radius 1 is 1.13 bits per heavy atom. The molecule has 0 radical (unpaired) electrons. The van der Waals surface area contributed by atoms with E-state index in [1.54, 1.807) is 45.0 Å². The Morgan fingerprint density at radius 2 is 1.84 bits per heavy atom. The number of thiazole rings is 1. The van der Waals surface area contributed by atoms with E-state index < -0.39 is 12.0 Å². The van der Waals surface area contributed by atoms with Crippen LogP contribution in [-0.4, -0.2) is 29.9 Å². The van der Waals surface area contributed by atoms with Gasteiger partial charge in [0, 0.05) is 20.6 Å². The number of halogens is 2. The number of rotatable bonds is 7. The van der Waals surface area contributed by atoms with Gasteiger partial charge >= 0.3 is 5.97 Å². The van der Waals surface area contributed by atoms with Crippen LogP contribution in [0.5, 0.6) is 11.5 Å². The van der Waals surface area contributed by atoms with E-state index in [1.165, 1.54) is 23.0 Å². The van der Waals surface area contributed by atoms with E-state index in [4.69, 9.17) is 25.8 Å². The Kier molecular flexibility index (Phi) is 8.49. The van der Waals surface area contributed by atoms with E-state index in [0.717, 1.165) is 10.0 Å². The molecule has 1 aromatic heterocycles. The topological polar surface area (TPSA) is 79.1 Å². The molecule has 0 amide bonds. The molecule has 7 nitrogen and oxygen atoms in total. The second kappa shape index (κ2) is 11.5. The number of methoxy groups -OCH3 is 1. The van der Waals surface area contributed by atoms with Gasteiger partial charge in [-0.05, 0) is 77.1 Å². The van der Waals surface area contributed by atoms with Crippen molar-refractivity contribution in [2.45, 2.75) is 52.9 Å². The Hall–Kier alpha value is -2.88. The third-order valence-electron chi connectivity index (χ3n) is 5.69. The molecule has 38 heavy (non-hydrogen) atoms. The Morgan fingerprint density at radius 3 is 2.50 bits per heavy atom. The average Bonchev–Trinajstić information content (AvgIpc) is 3.13. The lowest BCUT2D eigenvalue weighted by atomic mass is 9.95. The van der Waals surface area contributed by atoms with E-state index in [-0.39, 0.29) is 23.3 Å². The fourth-order valence-corrected chi connectivity index (χ4v) is 5.80. The van der Waals surface area contributed by atoms with Crippen LogP contribution in [0.3, 0.4) is 0 Å². The number of fused-ring (bicyclic) bond motifs is 1. The van der Waals surface area contributed by atoms with Gasteiger partial charge in [0.05, 0.1) is 35.1 Å². The number of aromatic nitrogens is 1. The van der Waals surface area contributed by atoms with Crippen molar-refractivity contribution in [3.63, 3.8) is 0 Å². The predicted molar refractivity (Wildman–Crippen MR) is 153 cm³/mol.